The molecule has 1 saturated heterocycles. The Morgan fingerprint density at radius 1 is 1.31 bits per heavy atom. The Morgan fingerprint density at radius 2 is 2.19 bits per heavy atom. The summed E-state index contributed by atoms with van der Waals surface area (Å²) in [7, 11) is 0. The number of halogens is 1. The quantitative estimate of drug-likeness (QED) is 0.807. The molecule has 16 heavy (non-hydrogen) atoms. The van der Waals surface area contributed by atoms with Crippen LogP contribution in [-0.4, -0.2) is 18.2 Å². The van der Waals surface area contributed by atoms with Crippen molar-refractivity contribution in [2.24, 2.45) is 5.92 Å². The van der Waals surface area contributed by atoms with Gasteiger partial charge in [0.25, 0.3) is 0 Å². The molecule has 1 aromatic rings. The average Bonchev–Trinajstić information content (AvgIpc) is 2.52. The van der Waals surface area contributed by atoms with Crippen molar-refractivity contribution in [3.05, 3.63) is 29.6 Å². The fourth-order valence-electron chi connectivity index (χ4n) is 2.31. The molecule has 0 radical (unpaired) electrons. The van der Waals surface area contributed by atoms with Gasteiger partial charge in [-0.15, -0.1) is 0 Å². The van der Waals surface area contributed by atoms with Gasteiger partial charge in [0, 0.05) is 0 Å². The molecule has 88 valence electrons. The molecule has 1 heterocycles. The molecular weight excluding hydrogens is 205 g/mol. The normalized spacial score (nSPS) is 21.7. The first-order valence-corrected chi connectivity index (χ1v) is 5.94. The van der Waals surface area contributed by atoms with Gasteiger partial charge in [0.05, 0.1) is 0 Å². The molecule has 1 unspecified atom stereocenters. The Kier molecular flexibility index (Phi) is 3.78. The summed E-state index contributed by atoms with van der Waals surface area (Å²) in [4.78, 5) is 0. The average molecular weight is 223 g/mol. The van der Waals surface area contributed by atoms with E-state index in [2.05, 4.69) is 5.32 Å². The Morgan fingerprint density at radius 3 is 3.00 bits per heavy atom. The molecule has 2 rings (SSSR count). The lowest BCUT2D eigenvalue weighted by molar-refractivity contribution is 0.429. The first kappa shape index (κ1) is 11.4. The lowest BCUT2D eigenvalue weighted by Crippen LogP contribution is -2.14. The van der Waals surface area contributed by atoms with Crippen LogP contribution in [0.2, 0.25) is 0 Å². The molecule has 0 bridgehead atoms. The topological polar surface area (TPSA) is 32.3 Å². The molecule has 1 aliphatic heterocycles. The monoisotopic (exact) mass is 223 g/mol. The van der Waals surface area contributed by atoms with E-state index in [1.165, 1.54) is 25.0 Å². The highest BCUT2D eigenvalue weighted by Gasteiger charge is 2.13. The summed E-state index contributed by atoms with van der Waals surface area (Å²) in [5.41, 5.74) is 0.988. The predicted octanol–water partition coefficient (Wildman–Crippen LogP) is 2.46. The smallest absolute Gasteiger partial charge is 0.165 e. The minimum absolute atomic E-state index is 0.258. The highest BCUT2D eigenvalue weighted by molar-refractivity contribution is 5.28. The van der Waals surface area contributed by atoms with Crippen molar-refractivity contribution in [1.29, 1.82) is 0 Å². The molecule has 0 aliphatic carbocycles. The molecule has 1 aliphatic rings. The van der Waals surface area contributed by atoms with Crippen molar-refractivity contribution in [2.75, 3.05) is 13.1 Å². The number of benzene rings is 1. The van der Waals surface area contributed by atoms with Gasteiger partial charge < -0.3 is 10.4 Å². The highest BCUT2D eigenvalue weighted by Crippen LogP contribution is 2.22. The zero-order chi connectivity index (χ0) is 11.4. The Balaban J connectivity index is 1.99. The summed E-state index contributed by atoms with van der Waals surface area (Å²) in [6, 6.07) is 4.71. The van der Waals surface area contributed by atoms with Crippen LogP contribution in [-0.2, 0) is 6.42 Å². The third kappa shape index (κ3) is 2.95. The van der Waals surface area contributed by atoms with Gasteiger partial charge in [-0.2, -0.15) is 0 Å². The summed E-state index contributed by atoms with van der Waals surface area (Å²) >= 11 is 0. The van der Waals surface area contributed by atoms with Crippen LogP contribution in [0.3, 0.4) is 0 Å². The van der Waals surface area contributed by atoms with E-state index in [1.807, 2.05) is 6.07 Å². The maximum Gasteiger partial charge on any atom is 0.165 e. The number of aromatic hydroxyl groups is 1. The fourth-order valence-corrected chi connectivity index (χ4v) is 2.31. The molecule has 0 amide bonds. The first-order valence-electron chi connectivity index (χ1n) is 5.94. The second-order valence-electron chi connectivity index (χ2n) is 4.54. The Bertz CT molecular complexity index is 346. The molecule has 0 aromatic heterocycles. The third-order valence-corrected chi connectivity index (χ3v) is 3.23. The van der Waals surface area contributed by atoms with Crippen LogP contribution in [0.1, 0.15) is 24.8 Å². The summed E-state index contributed by atoms with van der Waals surface area (Å²) in [5.74, 6) is -0.130. The molecule has 0 saturated carbocycles. The summed E-state index contributed by atoms with van der Waals surface area (Å²) in [6.45, 7) is 2.16. The number of hydrogen-bond acceptors (Lipinski definition) is 2. The zero-order valence-electron chi connectivity index (χ0n) is 9.38. The number of hydrogen-bond donors (Lipinski definition) is 2. The number of phenolic OH excluding ortho intramolecular Hbond substituents is 1. The summed E-state index contributed by atoms with van der Waals surface area (Å²) in [6.07, 6.45) is 4.47. The van der Waals surface area contributed by atoms with Crippen LogP contribution < -0.4 is 5.32 Å². The van der Waals surface area contributed by atoms with Gasteiger partial charge in [0.1, 0.15) is 0 Å². The molecular formula is C13H18FNO. The van der Waals surface area contributed by atoms with Crippen LogP contribution in [0.5, 0.6) is 5.75 Å². The summed E-state index contributed by atoms with van der Waals surface area (Å²) < 4.78 is 13.2. The van der Waals surface area contributed by atoms with E-state index in [4.69, 9.17) is 5.11 Å². The van der Waals surface area contributed by atoms with E-state index in [-0.39, 0.29) is 5.75 Å². The molecule has 2 N–H and O–H groups in total. The van der Waals surface area contributed by atoms with E-state index in [9.17, 15) is 4.39 Å². The van der Waals surface area contributed by atoms with Crippen LogP contribution in [0.25, 0.3) is 0 Å². The predicted molar refractivity (Wildman–Crippen MR) is 62.0 cm³/mol. The Hall–Kier alpha value is -1.09. The number of phenols is 1. The number of nitrogens with one attached hydrogen (secondary N) is 1. The van der Waals surface area contributed by atoms with E-state index >= 15 is 0 Å². The Labute approximate surface area is 95.5 Å². The third-order valence-electron chi connectivity index (χ3n) is 3.23. The minimum Gasteiger partial charge on any atom is -0.505 e. The molecule has 1 atom stereocenters. The summed E-state index contributed by atoms with van der Waals surface area (Å²) in [5, 5.41) is 12.5. The van der Waals surface area contributed by atoms with Crippen LogP contribution in [0, 0.1) is 11.7 Å². The zero-order valence-corrected chi connectivity index (χ0v) is 9.38. The van der Waals surface area contributed by atoms with E-state index in [0.29, 0.717) is 5.92 Å². The van der Waals surface area contributed by atoms with Gasteiger partial charge in [-0.3, -0.25) is 0 Å². The standard InChI is InChI=1S/C13H18FNO/c14-12-9-11(3-4-13(12)16)8-10-2-1-6-15-7-5-10/h3-4,9-10,15-16H,1-2,5-8H2. The van der Waals surface area contributed by atoms with Crippen molar-refractivity contribution in [3.63, 3.8) is 0 Å². The fraction of sp³-hybridized carbons (Fsp3) is 0.538. The first-order chi connectivity index (χ1) is 7.75. The van der Waals surface area contributed by atoms with Gasteiger partial charge in [0.15, 0.2) is 11.6 Å². The van der Waals surface area contributed by atoms with Gasteiger partial charge >= 0.3 is 0 Å². The van der Waals surface area contributed by atoms with Gasteiger partial charge in [0.2, 0.25) is 0 Å². The molecule has 1 fully saturated rings. The van der Waals surface area contributed by atoms with Crippen molar-refractivity contribution >= 4 is 0 Å². The second-order valence-corrected chi connectivity index (χ2v) is 4.54. The van der Waals surface area contributed by atoms with Crippen LogP contribution >= 0.6 is 0 Å². The highest BCUT2D eigenvalue weighted by atomic mass is 19.1. The lowest BCUT2D eigenvalue weighted by Gasteiger charge is -2.13. The van der Waals surface area contributed by atoms with E-state index < -0.39 is 5.82 Å². The van der Waals surface area contributed by atoms with Crippen LogP contribution in [0.4, 0.5) is 4.39 Å². The van der Waals surface area contributed by atoms with Crippen molar-refractivity contribution in [3.8, 4) is 5.75 Å². The molecule has 3 heteroatoms. The van der Waals surface area contributed by atoms with Gasteiger partial charge in [-0.1, -0.05) is 6.07 Å². The van der Waals surface area contributed by atoms with Crippen LogP contribution in [0.15, 0.2) is 18.2 Å². The van der Waals surface area contributed by atoms with Crippen molar-refractivity contribution < 1.29 is 9.50 Å². The van der Waals surface area contributed by atoms with Crippen molar-refractivity contribution in [2.45, 2.75) is 25.7 Å². The SMILES string of the molecule is Oc1ccc(CC2CCCNCC2)cc1F. The van der Waals surface area contributed by atoms with E-state index in [0.717, 1.165) is 31.5 Å². The minimum atomic E-state index is -0.510. The molecule has 0 spiro atoms. The van der Waals surface area contributed by atoms with Gasteiger partial charge in [-0.25, -0.2) is 4.39 Å². The molecule has 1 aromatic carbocycles. The van der Waals surface area contributed by atoms with E-state index in [1.54, 1.807) is 0 Å². The van der Waals surface area contributed by atoms with Crippen molar-refractivity contribution in [1.82, 2.24) is 5.32 Å². The largest absolute Gasteiger partial charge is 0.505 e. The second kappa shape index (κ2) is 5.30. The molecule has 2 nitrogen and oxygen atoms in total. The number of rotatable bonds is 2. The lowest BCUT2D eigenvalue weighted by atomic mass is 9.93. The maximum atomic E-state index is 13.2. The maximum absolute atomic E-state index is 13.2. The van der Waals surface area contributed by atoms with Gasteiger partial charge in [-0.05, 0) is 62.4 Å².